The Morgan fingerprint density at radius 3 is 2.07 bits per heavy atom. The van der Waals surface area contributed by atoms with Gasteiger partial charge in [0.25, 0.3) is 0 Å². The van der Waals surface area contributed by atoms with Crippen LogP contribution in [0.4, 0.5) is 0 Å². The highest BCUT2D eigenvalue weighted by Gasteiger charge is 2.34. The zero-order valence-electron chi connectivity index (χ0n) is 19.4. The zero-order chi connectivity index (χ0) is 21.5. The first-order valence-electron chi connectivity index (χ1n) is 10.9. The highest BCUT2D eigenvalue weighted by atomic mass is 16.5. The van der Waals surface area contributed by atoms with E-state index in [0.717, 1.165) is 36.3 Å². The maximum absolute atomic E-state index is 13.1. The van der Waals surface area contributed by atoms with Gasteiger partial charge in [0.2, 0.25) is 5.91 Å². The highest BCUT2D eigenvalue weighted by molar-refractivity contribution is 5.76. The third-order valence-electron chi connectivity index (χ3n) is 7.62. The summed E-state index contributed by atoms with van der Waals surface area (Å²) in [4.78, 5) is 15.0. The van der Waals surface area contributed by atoms with E-state index in [1.165, 1.54) is 33.4 Å². The molecule has 0 spiro atoms. The van der Waals surface area contributed by atoms with E-state index < -0.39 is 0 Å². The molecule has 158 valence electrons. The van der Waals surface area contributed by atoms with Crippen LogP contribution >= 0.6 is 0 Å². The van der Waals surface area contributed by atoms with E-state index in [4.69, 9.17) is 4.52 Å². The molecule has 1 heterocycles. The van der Waals surface area contributed by atoms with Crippen LogP contribution in [-0.2, 0) is 11.3 Å². The first-order valence-corrected chi connectivity index (χ1v) is 10.9. The van der Waals surface area contributed by atoms with Crippen molar-refractivity contribution in [1.82, 2.24) is 10.1 Å². The Balaban J connectivity index is 1.74. The molecule has 1 fully saturated rings. The van der Waals surface area contributed by atoms with Crippen LogP contribution in [0.25, 0.3) is 0 Å². The van der Waals surface area contributed by atoms with Crippen molar-refractivity contribution in [3.05, 3.63) is 50.4 Å². The zero-order valence-corrected chi connectivity index (χ0v) is 19.4. The van der Waals surface area contributed by atoms with Crippen LogP contribution in [0.15, 0.2) is 4.52 Å². The highest BCUT2D eigenvalue weighted by Crippen LogP contribution is 2.42. The molecule has 29 heavy (non-hydrogen) atoms. The van der Waals surface area contributed by atoms with Crippen molar-refractivity contribution in [2.24, 2.45) is 5.92 Å². The molecular formula is C25H36N2O2. The smallest absolute Gasteiger partial charge is 0.222 e. The minimum atomic E-state index is 0.231. The Labute approximate surface area is 175 Å². The molecule has 4 heteroatoms. The molecule has 0 aliphatic heterocycles. The van der Waals surface area contributed by atoms with Crippen LogP contribution in [-0.4, -0.2) is 23.0 Å². The predicted octanol–water partition coefficient (Wildman–Crippen LogP) is 5.77. The Morgan fingerprint density at radius 2 is 1.52 bits per heavy atom. The Bertz CT molecular complexity index is 896. The number of amides is 1. The molecule has 0 radical (unpaired) electrons. The fraction of sp³-hybridized carbons (Fsp3) is 0.600. The van der Waals surface area contributed by atoms with Crippen LogP contribution in [0.5, 0.6) is 0 Å². The Hall–Kier alpha value is -2.10. The lowest BCUT2D eigenvalue weighted by Crippen LogP contribution is -2.29. The van der Waals surface area contributed by atoms with E-state index in [-0.39, 0.29) is 5.91 Å². The fourth-order valence-electron chi connectivity index (χ4n) is 4.94. The van der Waals surface area contributed by atoms with Gasteiger partial charge < -0.3 is 9.42 Å². The van der Waals surface area contributed by atoms with E-state index in [2.05, 4.69) is 46.7 Å². The summed E-state index contributed by atoms with van der Waals surface area (Å²) in [6.07, 6.45) is 3.94. The topological polar surface area (TPSA) is 46.3 Å². The summed E-state index contributed by atoms with van der Waals surface area (Å²) >= 11 is 0. The maximum atomic E-state index is 13.1. The normalized spacial score (nSPS) is 19.0. The fourth-order valence-corrected chi connectivity index (χ4v) is 4.94. The molecule has 0 bridgehead atoms. The molecule has 1 aliphatic carbocycles. The summed E-state index contributed by atoms with van der Waals surface area (Å²) in [6, 6.07) is 0. The molecule has 1 amide bonds. The number of rotatable bonds is 5. The van der Waals surface area contributed by atoms with Gasteiger partial charge in [-0.1, -0.05) is 11.6 Å². The Kier molecular flexibility index (Phi) is 6.21. The van der Waals surface area contributed by atoms with Crippen molar-refractivity contribution in [3.8, 4) is 0 Å². The Morgan fingerprint density at radius 1 is 0.931 bits per heavy atom. The molecule has 4 nitrogen and oxygen atoms in total. The number of carbonyl (C=O) groups is 1. The van der Waals surface area contributed by atoms with Crippen LogP contribution in [0.2, 0.25) is 0 Å². The number of hydrogen-bond donors (Lipinski definition) is 0. The lowest BCUT2D eigenvalue weighted by Gasteiger charge is -2.25. The standard InChI is InChI=1S/C25H36N2O2/c1-14-15(2)17(4)23(18(5)16(14)3)13-27(8)24(28)12-21-10-9-11-22(21)25-19(6)20(7)29-26-25/h21-22H,9-13H2,1-8H3. The predicted molar refractivity (Wildman–Crippen MR) is 117 cm³/mol. The first-order chi connectivity index (χ1) is 13.6. The average molecular weight is 397 g/mol. The van der Waals surface area contributed by atoms with Crippen LogP contribution in [0.1, 0.15) is 82.0 Å². The van der Waals surface area contributed by atoms with Crippen molar-refractivity contribution in [3.63, 3.8) is 0 Å². The SMILES string of the molecule is Cc1onc(C2CCCC2CC(=O)N(C)Cc2c(C)c(C)c(C)c(C)c2C)c1C. The third-order valence-corrected chi connectivity index (χ3v) is 7.62. The van der Waals surface area contributed by atoms with Gasteiger partial charge in [-0.05, 0) is 101 Å². The second kappa shape index (κ2) is 8.33. The second-order valence-electron chi connectivity index (χ2n) is 9.10. The molecular weight excluding hydrogens is 360 g/mol. The van der Waals surface area contributed by atoms with Gasteiger partial charge in [-0.15, -0.1) is 0 Å². The minimum absolute atomic E-state index is 0.231. The summed E-state index contributed by atoms with van der Waals surface area (Å²) in [5.41, 5.74) is 10.2. The number of aromatic nitrogens is 1. The lowest BCUT2D eigenvalue weighted by atomic mass is 9.87. The van der Waals surface area contributed by atoms with Crippen molar-refractivity contribution in [2.75, 3.05) is 7.05 Å². The quantitative estimate of drug-likeness (QED) is 0.645. The van der Waals surface area contributed by atoms with Gasteiger partial charge in [-0.3, -0.25) is 4.79 Å². The summed E-state index contributed by atoms with van der Waals surface area (Å²) in [5.74, 6) is 1.83. The van der Waals surface area contributed by atoms with Gasteiger partial charge in [0.05, 0.1) is 5.69 Å². The van der Waals surface area contributed by atoms with Gasteiger partial charge in [0.15, 0.2) is 0 Å². The van der Waals surface area contributed by atoms with Crippen molar-refractivity contribution >= 4 is 5.91 Å². The lowest BCUT2D eigenvalue weighted by molar-refractivity contribution is -0.131. The van der Waals surface area contributed by atoms with Gasteiger partial charge in [-0.2, -0.15) is 0 Å². The number of hydrogen-bond acceptors (Lipinski definition) is 3. The minimum Gasteiger partial charge on any atom is -0.361 e. The molecule has 1 aromatic heterocycles. The van der Waals surface area contributed by atoms with Gasteiger partial charge in [0, 0.05) is 31.5 Å². The van der Waals surface area contributed by atoms with E-state index in [1.807, 2.05) is 18.9 Å². The number of aryl methyl sites for hydroxylation is 1. The van der Waals surface area contributed by atoms with E-state index in [1.54, 1.807) is 0 Å². The monoisotopic (exact) mass is 396 g/mol. The second-order valence-corrected chi connectivity index (χ2v) is 9.10. The third kappa shape index (κ3) is 3.99. The molecule has 1 aliphatic rings. The van der Waals surface area contributed by atoms with Gasteiger partial charge >= 0.3 is 0 Å². The molecule has 0 saturated heterocycles. The van der Waals surface area contributed by atoms with E-state index in [9.17, 15) is 4.79 Å². The van der Waals surface area contributed by atoms with Crippen LogP contribution in [0, 0.1) is 54.4 Å². The van der Waals surface area contributed by atoms with E-state index >= 15 is 0 Å². The van der Waals surface area contributed by atoms with Crippen LogP contribution in [0.3, 0.4) is 0 Å². The molecule has 1 saturated carbocycles. The number of nitrogens with zero attached hydrogens (tertiary/aromatic N) is 2. The number of benzene rings is 1. The summed E-state index contributed by atoms with van der Waals surface area (Å²) in [5, 5.41) is 4.32. The molecule has 1 aromatic carbocycles. The first kappa shape index (κ1) is 21.6. The average Bonchev–Trinajstić information content (AvgIpc) is 3.28. The van der Waals surface area contributed by atoms with Crippen molar-refractivity contribution < 1.29 is 9.32 Å². The maximum Gasteiger partial charge on any atom is 0.222 e. The molecule has 2 unspecified atom stereocenters. The summed E-state index contributed by atoms with van der Waals surface area (Å²) < 4.78 is 5.40. The largest absolute Gasteiger partial charge is 0.361 e. The molecule has 3 rings (SSSR count). The van der Waals surface area contributed by atoms with E-state index in [0.29, 0.717) is 24.8 Å². The van der Waals surface area contributed by atoms with Crippen LogP contribution < -0.4 is 0 Å². The summed E-state index contributed by atoms with van der Waals surface area (Å²) in [7, 11) is 1.95. The molecule has 0 N–H and O–H groups in total. The summed E-state index contributed by atoms with van der Waals surface area (Å²) in [6.45, 7) is 15.7. The molecule has 2 atom stereocenters. The van der Waals surface area contributed by atoms with Gasteiger partial charge in [0.1, 0.15) is 5.76 Å². The van der Waals surface area contributed by atoms with Crippen molar-refractivity contribution in [2.45, 2.75) is 86.6 Å². The number of carbonyl (C=O) groups excluding carboxylic acids is 1. The molecule has 2 aromatic rings. The van der Waals surface area contributed by atoms with Crippen molar-refractivity contribution in [1.29, 1.82) is 0 Å². The van der Waals surface area contributed by atoms with Gasteiger partial charge in [-0.25, -0.2) is 0 Å².